The Morgan fingerprint density at radius 1 is 1.62 bits per heavy atom. The molecule has 0 atom stereocenters. The maximum Gasteiger partial charge on any atom is 0.263 e. The average Bonchev–Trinajstić information content (AvgIpc) is 2.77. The van der Waals surface area contributed by atoms with Crippen LogP contribution in [0.15, 0.2) is 11.7 Å². The largest absolute Gasteiger partial charge is 0.351 e. The molecular formula is C11H17BrN2OS. The maximum absolute atomic E-state index is 11.7. The molecule has 1 rings (SSSR count). The van der Waals surface area contributed by atoms with E-state index in [9.17, 15) is 4.79 Å². The van der Waals surface area contributed by atoms with E-state index in [-0.39, 0.29) is 11.3 Å². The van der Waals surface area contributed by atoms with Crippen LogP contribution >= 0.6 is 27.3 Å². The molecule has 0 unspecified atom stereocenters. The van der Waals surface area contributed by atoms with Crippen molar-refractivity contribution in [1.29, 1.82) is 0 Å². The van der Waals surface area contributed by atoms with E-state index in [1.807, 2.05) is 0 Å². The van der Waals surface area contributed by atoms with E-state index < -0.39 is 0 Å². The molecule has 0 spiro atoms. The van der Waals surface area contributed by atoms with Crippen LogP contribution in [0.5, 0.6) is 0 Å². The number of halogens is 1. The van der Waals surface area contributed by atoms with Gasteiger partial charge in [0.25, 0.3) is 5.91 Å². The highest BCUT2D eigenvalue weighted by Gasteiger charge is 2.18. The Morgan fingerprint density at radius 2 is 2.38 bits per heavy atom. The molecule has 0 aliphatic rings. The molecule has 1 aromatic rings. The van der Waals surface area contributed by atoms with Gasteiger partial charge in [-0.1, -0.05) is 29.8 Å². The number of rotatable bonds is 6. The van der Waals surface area contributed by atoms with Gasteiger partial charge >= 0.3 is 0 Å². The normalized spacial score (nSPS) is 11.4. The quantitative estimate of drug-likeness (QED) is 0.821. The first kappa shape index (κ1) is 13.6. The third-order valence-electron chi connectivity index (χ3n) is 2.37. The van der Waals surface area contributed by atoms with E-state index in [1.165, 1.54) is 11.3 Å². The van der Waals surface area contributed by atoms with Crippen LogP contribution in [0.3, 0.4) is 0 Å². The Bertz CT molecular complexity index is 325. The third kappa shape index (κ3) is 4.61. The van der Waals surface area contributed by atoms with Crippen LogP contribution in [0.4, 0.5) is 0 Å². The molecule has 16 heavy (non-hydrogen) atoms. The summed E-state index contributed by atoms with van der Waals surface area (Å²) >= 11 is 4.79. The number of aromatic nitrogens is 1. The van der Waals surface area contributed by atoms with E-state index in [0.717, 1.165) is 18.2 Å². The van der Waals surface area contributed by atoms with E-state index in [2.05, 4.69) is 40.1 Å². The van der Waals surface area contributed by atoms with Crippen LogP contribution < -0.4 is 5.32 Å². The Kier molecular flexibility index (Phi) is 5.41. The van der Waals surface area contributed by atoms with E-state index in [4.69, 9.17) is 0 Å². The van der Waals surface area contributed by atoms with Gasteiger partial charge in [0.15, 0.2) is 0 Å². The summed E-state index contributed by atoms with van der Waals surface area (Å²) in [5.74, 6) is -0.0191. The number of carbonyl (C=O) groups is 1. The number of amides is 1. The van der Waals surface area contributed by atoms with Crippen molar-refractivity contribution in [2.24, 2.45) is 5.41 Å². The summed E-state index contributed by atoms with van der Waals surface area (Å²) in [5.41, 5.74) is 1.82. The molecule has 1 heterocycles. The van der Waals surface area contributed by atoms with Gasteiger partial charge in [0.2, 0.25) is 0 Å². The average molecular weight is 305 g/mol. The predicted molar refractivity (Wildman–Crippen MR) is 71.3 cm³/mol. The van der Waals surface area contributed by atoms with E-state index >= 15 is 0 Å². The maximum atomic E-state index is 11.7. The van der Waals surface area contributed by atoms with Gasteiger partial charge in [-0.05, 0) is 18.3 Å². The van der Waals surface area contributed by atoms with Crippen LogP contribution in [0.1, 0.15) is 36.4 Å². The Hall–Kier alpha value is -0.420. The summed E-state index contributed by atoms with van der Waals surface area (Å²) in [6.07, 6.45) is 3.83. The Morgan fingerprint density at radius 3 is 2.94 bits per heavy atom. The first-order chi connectivity index (χ1) is 7.55. The highest BCUT2D eigenvalue weighted by molar-refractivity contribution is 9.09. The molecule has 90 valence electrons. The van der Waals surface area contributed by atoms with Gasteiger partial charge in [-0.25, -0.2) is 0 Å². The summed E-state index contributed by atoms with van der Waals surface area (Å²) < 4.78 is 0. The zero-order valence-electron chi connectivity index (χ0n) is 9.62. The van der Waals surface area contributed by atoms with Gasteiger partial charge in [-0.2, -0.15) is 0 Å². The van der Waals surface area contributed by atoms with Crippen molar-refractivity contribution in [3.63, 3.8) is 0 Å². The van der Waals surface area contributed by atoms with Crippen molar-refractivity contribution in [2.75, 3.05) is 11.9 Å². The number of nitrogens with zero attached hydrogens (tertiary/aromatic N) is 1. The molecular weight excluding hydrogens is 288 g/mol. The monoisotopic (exact) mass is 304 g/mol. The molecule has 1 N–H and O–H groups in total. The standard InChI is InChI=1S/C11H17BrN2OS/c1-11(2,4-3-5-12)7-14-10(15)9-6-13-8-16-9/h6,8H,3-5,7H2,1-2H3,(H,14,15). The Labute approximate surface area is 109 Å². The number of thiazole rings is 1. The van der Waals surface area contributed by atoms with Gasteiger partial charge in [-0.15, -0.1) is 11.3 Å². The first-order valence-electron chi connectivity index (χ1n) is 5.28. The molecule has 1 aromatic heterocycles. The predicted octanol–water partition coefficient (Wildman–Crippen LogP) is 3.07. The van der Waals surface area contributed by atoms with Gasteiger partial charge in [0.1, 0.15) is 4.88 Å². The molecule has 5 heteroatoms. The lowest BCUT2D eigenvalue weighted by atomic mass is 9.88. The van der Waals surface area contributed by atoms with Crippen molar-refractivity contribution in [3.8, 4) is 0 Å². The van der Waals surface area contributed by atoms with Crippen molar-refractivity contribution in [2.45, 2.75) is 26.7 Å². The fraction of sp³-hybridized carbons (Fsp3) is 0.636. The summed E-state index contributed by atoms with van der Waals surface area (Å²) in [6.45, 7) is 5.04. The topological polar surface area (TPSA) is 42.0 Å². The second-order valence-corrected chi connectivity index (χ2v) is 6.18. The van der Waals surface area contributed by atoms with Gasteiger partial charge in [-0.3, -0.25) is 9.78 Å². The smallest absolute Gasteiger partial charge is 0.263 e. The summed E-state index contributed by atoms with van der Waals surface area (Å²) in [4.78, 5) is 16.2. The zero-order valence-corrected chi connectivity index (χ0v) is 12.0. The molecule has 0 aliphatic carbocycles. The van der Waals surface area contributed by atoms with E-state index in [0.29, 0.717) is 11.4 Å². The zero-order chi connectivity index (χ0) is 12.0. The summed E-state index contributed by atoms with van der Waals surface area (Å²) in [7, 11) is 0. The van der Waals surface area contributed by atoms with Gasteiger partial charge < -0.3 is 5.32 Å². The molecule has 0 saturated carbocycles. The van der Waals surface area contributed by atoms with Crippen molar-refractivity contribution < 1.29 is 4.79 Å². The number of nitrogens with one attached hydrogen (secondary N) is 1. The fourth-order valence-corrected chi connectivity index (χ4v) is 2.18. The minimum Gasteiger partial charge on any atom is -0.351 e. The number of hydrogen-bond acceptors (Lipinski definition) is 3. The van der Waals surface area contributed by atoms with Crippen LogP contribution in [-0.4, -0.2) is 22.8 Å². The van der Waals surface area contributed by atoms with Crippen LogP contribution in [0, 0.1) is 5.41 Å². The molecule has 0 aliphatic heterocycles. The van der Waals surface area contributed by atoms with E-state index in [1.54, 1.807) is 11.7 Å². The third-order valence-corrected chi connectivity index (χ3v) is 3.70. The number of carbonyl (C=O) groups excluding carboxylic acids is 1. The minimum absolute atomic E-state index is 0.0191. The Balaban J connectivity index is 2.36. The van der Waals surface area contributed by atoms with Gasteiger partial charge in [0, 0.05) is 11.9 Å². The molecule has 1 amide bonds. The molecule has 0 fully saturated rings. The van der Waals surface area contributed by atoms with Crippen molar-refractivity contribution in [1.82, 2.24) is 10.3 Å². The number of hydrogen-bond donors (Lipinski definition) is 1. The molecule has 0 saturated heterocycles. The second kappa shape index (κ2) is 6.35. The van der Waals surface area contributed by atoms with Crippen LogP contribution in [-0.2, 0) is 0 Å². The second-order valence-electron chi connectivity index (χ2n) is 4.51. The molecule has 0 radical (unpaired) electrons. The molecule has 3 nitrogen and oxygen atoms in total. The molecule has 0 aromatic carbocycles. The van der Waals surface area contributed by atoms with Crippen LogP contribution in [0.25, 0.3) is 0 Å². The first-order valence-corrected chi connectivity index (χ1v) is 7.28. The SMILES string of the molecule is CC(C)(CCCBr)CNC(=O)c1cncs1. The highest BCUT2D eigenvalue weighted by atomic mass is 79.9. The van der Waals surface area contributed by atoms with Crippen LogP contribution in [0.2, 0.25) is 0 Å². The fourth-order valence-electron chi connectivity index (χ4n) is 1.37. The lowest BCUT2D eigenvalue weighted by Crippen LogP contribution is -2.33. The highest BCUT2D eigenvalue weighted by Crippen LogP contribution is 2.21. The van der Waals surface area contributed by atoms with Crippen molar-refractivity contribution in [3.05, 3.63) is 16.6 Å². The lowest BCUT2D eigenvalue weighted by molar-refractivity contribution is 0.0938. The minimum atomic E-state index is -0.0191. The summed E-state index contributed by atoms with van der Waals surface area (Å²) in [6, 6.07) is 0. The van der Waals surface area contributed by atoms with Crippen molar-refractivity contribution >= 4 is 33.2 Å². The van der Waals surface area contributed by atoms with Gasteiger partial charge in [0.05, 0.1) is 11.7 Å². The summed E-state index contributed by atoms with van der Waals surface area (Å²) in [5, 5.41) is 3.96. The number of alkyl halides is 1. The molecule has 0 bridgehead atoms. The lowest BCUT2D eigenvalue weighted by Gasteiger charge is -2.24.